The predicted molar refractivity (Wildman–Crippen MR) is 78.7 cm³/mol. The summed E-state index contributed by atoms with van der Waals surface area (Å²) in [5.41, 5.74) is 1.91. The van der Waals surface area contributed by atoms with Crippen molar-refractivity contribution in [3.8, 4) is 5.82 Å². The molecule has 1 unspecified atom stereocenters. The standard InChI is InChI=1S/C14H19N5O2/c1-9(14(20)21)8-18(4)12-5-6-13(16-15-12)19-11(3)7-10(2)17-19/h5-7,9H,8H2,1-4H3,(H,20,21). The molecule has 7 heteroatoms. The smallest absolute Gasteiger partial charge is 0.308 e. The first kappa shape index (κ1) is 15.0. The zero-order valence-corrected chi connectivity index (χ0v) is 12.6. The minimum Gasteiger partial charge on any atom is -0.481 e. The summed E-state index contributed by atoms with van der Waals surface area (Å²) >= 11 is 0. The van der Waals surface area contributed by atoms with Gasteiger partial charge in [0.2, 0.25) is 0 Å². The normalized spacial score (nSPS) is 12.2. The van der Waals surface area contributed by atoms with Gasteiger partial charge in [-0.1, -0.05) is 6.92 Å². The summed E-state index contributed by atoms with van der Waals surface area (Å²) in [6.45, 7) is 5.92. The molecule has 0 aliphatic carbocycles. The molecule has 112 valence electrons. The van der Waals surface area contributed by atoms with E-state index in [9.17, 15) is 4.79 Å². The monoisotopic (exact) mass is 289 g/mol. The van der Waals surface area contributed by atoms with Crippen LogP contribution in [0.5, 0.6) is 0 Å². The van der Waals surface area contributed by atoms with E-state index in [-0.39, 0.29) is 0 Å². The number of hydrogen-bond donors (Lipinski definition) is 1. The van der Waals surface area contributed by atoms with Crippen molar-refractivity contribution in [2.24, 2.45) is 5.92 Å². The zero-order chi connectivity index (χ0) is 15.6. The lowest BCUT2D eigenvalue weighted by Gasteiger charge is -2.19. The fourth-order valence-corrected chi connectivity index (χ4v) is 2.08. The van der Waals surface area contributed by atoms with Crippen LogP contribution < -0.4 is 4.90 Å². The second-order valence-corrected chi connectivity index (χ2v) is 5.21. The van der Waals surface area contributed by atoms with E-state index in [0.29, 0.717) is 18.2 Å². The van der Waals surface area contributed by atoms with Crippen molar-refractivity contribution in [3.05, 3.63) is 29.6 Å². The van der Waals surface area contributed by atoms with Gasteiger partial charge >= 0.3 is 5.97 Å². The Labute approximate surface area is 123 Å². The third-order valence-corrected chi connectivity index (χ3v) is 3.22. The lowest BCUT2D eigenvalue weighted by Crippen LogP contribution is -2.29. The molecule has 0 radical (unpaired) electrons. The van der Waals surface area contributed by atoms with Crippen molar-refractivity contribution in [1.29, 1.82) is 0 Å². The molecule has 0 aromatic carbocycles. The van der Waals surface area contributed by atoms with Gasteiger partial charge in [-0.05, 0) is 32.0 Å². The number of aliphatic carboxylic acids is 1. The highest BCUT2D eigenvalue weighted by atomic mass is 16.4. The molecule has 0 saturated heterocycles. The second-order valence-electron chi connectivity index (χ2n) is 5.21. The zero-order valence-electron chi connectivity index (χ0n) is 12.6. The summed E-state index contributed by atoms with van der Waals surface area (Å²) in [5.74, 6) is -0.0148. The van der Waals surface area contributed by atoms with Gasteiger partial charge in [0.25, 0.3) is 0 Å². The molecule has 0 spiro atoms. The highest BCUT2D eigenvalue weighted by Crippen LogP contribution is 2.13. The molecule has 0 aliphatic heterocycles. The summed E-state index contributed by atoms with van der Waals surface area (Å²) in [4.78, 5) is 12.6. The summed E-state index contributed by atoms with van der Waals surface area (Å²) in [7, 11) is 1.80. The number of nitrogens with zero attached hydrogens (tertiary/aromatic N) is 5. The highest BCUT2D eigenvalue weighted by Gasteiger charge is 2.15. The van der Waals surface area contributed by atoms with Crippen LogP contribution >= 0.6 is 0 Å². The van der Waals surface area contributed by atoms with E-state index in [1.807, 2.05) is 32.0 Å². The molecule has 21 heavy (non-hydrogen) atoms. The molecule has 0 saturated carbocycles. The molecular formula is C14H19N5O2. The first-order chi connectivity index (χ1) is 9.88. The quantitative estimate of drug-likeness (QED) is 0.896. The van der Waals surface area contributed by atoms with Crippen LogP contribution in [-0.4, -0.2) is 44.6 Å². The Hall–Kier alpha value is -2.44. The van der Waals surface area contributed by atoms with E-state index in [1.165, 1.54) is 0 Å². The number of carboxylic acids is 1. The molecule has 1 N–H and O–H groups in total. The van der Waals surface area contributed by atoms with Crippen LogP contribution in [0.2, 0.25) is 0 Å². The SMILES string of the molecule is Cc1cc(C)n(-c2ccc(N(C)CC(C)C(=O)O)nn2)n1. The Kier molecular flexibility index (Phi) is 4.21. The van der Waals surface area contributed by atoms with E-state index < -0.39 is 11.9 Å². The van der Waals surface area contributed by atoms with Crippen LogP contribution in [0.4, 0.5) is 5.82 Å². The molecule has 2 aromatic heterocycles. The molecule has 2 aromatic rings. The van der Waals surface area contributed by atoms with Crippen molar-refractivity contribution >= 4 is 11.8 Å². The molecule has 0 fully saturated rings. The first-order valence-corrected chi connectivity index (χ1v) is 6.70. The van der Waals surface area contributed by atoms with Crippen molar-refractivity contribution in [3.63, 3.8) is 0 Å². The van der Waals surface area contributed by atoms with Gasteiger partial charge in [0, 0.05) is 19.3 Å². The van der Waals surface area contributed by atoms with Crippen molar-refractivity contribution < 1.29 is 9.90 Å². The maximum atomic E-state index is 10.9. The second kappa shape index (κ2) is 5.90. The van der Waals surface area contributed by atoms with Gasteiger partial charge in [-0.3, -0.25) is 4.79 Å². The van der Waals surface area contributed by atoms with Gasteiger partial charge in [0.1, 0.15) is 0 Å². The molecular weight excluding hydrogens is 270 g/mol. The predicted octanol–water partition coefficient (Wildman–Crippen LogP) is 1.44. The van der Waals surface area contributed by atoms with Gasteiger partial charge in [-0.25, -0.2) is 4.68 Å². The summed E-state index contributed by atoms with van der Waals surface area (Å²) in [5, 5.41) is 21.6. The number of carbonyl (C=O) groups is 1. The number of anilines is 1. The molecule has 0 bridgehead atoms. The topological polar surface area (TPSA) is 84.1 Å². The first-order valence-electron chi connectivity index (χ1n) is 6.70. The summed E-state index contributed by atoms with van der Waals surface area (Å²) < 4.78 is 1.73. The van der Waals surface area contributed by atoms with Crippen LogP contribution in [-0.2, 0) is 4.79 Å². The Bertz CT molecular complexity index is 635. The fraction of sp³-hybridized carbons (Fsp3) is 0.429. The van der Waals surface area contributed by atoms with Gasteiger partial charge in [0.15, 0.2) is 11.6 Å². The van der Waals surface area contributed by atoms with E-state index in [1.54, 1.807) is 23.6 Å². The summed E-state index contributed by atoms with van der Waals surface area (Å²) in [6, 6.07) is 5.60. The minimum atomic E-state index is -0.825. The Morgan fingerprint density at radius 3 is 2.57 bits per heavy atom. The van der Waals surface area contributed by atoms with E-state index in [2.05, 4.69) is 15.3 Å². The molecule has 0 amide bonds. The van der Waals surface area contributed by atoms with Crippen molar-refractivity contribution in [2.75, 3.05) is 18.5 Å². The molecule has 2 rings (SSSR count). The maximum Gasteiger partial charge on any atom is 0.308 e. The van der Waals surface area contributed by atoms with Gasteiger partial charge in [0.05, 0.1) is 11.6 Å². The van der Waals surface area contributed by atoms with Gasteiger partial charge < -0.3 is 10.0 Å². The average molecular weight is 289 g/mol. The Morgan fingerprint density at radius 1 is 1.38 bits per heavy atom. The van der Waals surface area contributed by atoms with E-state index in [0.717, 1.165) is 11.4 Å². The summed E-state index contributed by atoms with van der Waals surface area (Å²) in [6.07, 6.45) is 0. The van der Waals surface area contributed by atoms with Crippen LogP contribution in [0.25, 0.3) is 5.82 Å². The molecule has 2 heterocycles. The van der Waals surface area contributed by atoms with Crippen LogP contribution in [0.15, 0.2) is 18.2 Å². The number of rotatable bonds is 5. The lowest BCUT2D eigenvalue weighted by atomic mass is 10.2. The molecule has 0 aliphatic rings. The number of aryl methyl sites for hydroxylation is 2. The minimum absolute atomic E-state index is 0.378. The van der Waals surface area contributed by atoms with Crippen molar-refractivity contribution in [1.82, 2.24) is 20.0 Å². The van der Waals surface area contributed by atoms with Crippen LogP contribution in [0.1, 0.15) is 18.3 Å². The third kappa shape index (κ3) is 3.36. The Morgan fingerprint density at radius 2 is 2.10 bits per heavy atom. The molecule has 7 nitrogen and oxygen atoms in total. The number of carboxylic acid groups (broad SMARTS) is 1. The highest BCUT2D eigenvalue weighted by molar-refractivity contribution is 5.70. The fourth-order valence-electron chi connectivity index (χ4n) is 2.08. The third-order valence-electron chi connectivity index (χ3n) is 3.22. The Balaban J connectivity index is 2.15. The number of aromatic nitrogens is 4. The van der Waals surface area contributed by atoms with Gasteiger partial charge in [-0.2, -0.15) is 5.10 Å². The van der Waals surface area contributed by atoms with E-state index in [4.69, 9.17) is 5.11 Å². The van der Waals surface area contributed by atoms with Crippen LogP contribution in [0.3, 0.4) is 0 Å². The number of hydrogen-bond acceptors (Lipinski definition) is 5. The molecule has 1 atom stereocenters. The lowest BCUT2D eigenvalue weighted by molar-refractivity contribution is -0.140. The average Bonchev–Trinajstić information content (AvgIpc) is 2.77. The van der Waals surface area contributed by atoms with Crippen molar-refractivity contribution in [2.45, 2.75) is 20.8 Å². The van der Waals surface area contributed by atoms with Gasteiger partial charge in [-0.15, -0.1) is 10.2 Å². The largest absolute Gasteiger partial charge is 0.481 e. The van der Waals surface area contributed by atoms with E-state index >= 15 is 0 Å². The maximum absolute atomic E-state index is 10.9. The van der Waals surface area contributed by atoms with Crippen LogP contribution in [0, 0.1) is 19.8 Å².